The standard InChI is InChI=1S/C17H28N2S/c1-4-20-11-10-15(3)19-13-14(2)18-12-17(19)16-8-6-5-7-9-16/h5-9,14-15,17-18H,4,10-13H2,1-3H3. The molecule has 0 saturated carbocycles. The maximum Gasteiger partial charge on any atom is 0.0476 e. The monoisotopic (exact) mass is 292 g/mol. The number of hydrogen-bond donors (Lipinski definition) is 1. The van der Waals surface area contributed by atoms with Crippen LogP contribution in [0, 0.1) is 0 Å². The average Bonchev–Trinajstić information content (AvgIpc) is 2.48. The molecular formula is C17H28N2S. The van der Waals surface area contributed by atoms with Crippen LogP contribution in [0.5, 0.6) is 0 Å². The second kappa shape index (κ2) is 8.06. The Kier molecular flexibility index (Phi) is 6.40. The molecule has 1 fully saturated rings. The number of thioether (sulfide) groups is 1. The van der Waals surface area contributed by atoms with E-state index in [1.54, 1.807) is 0 Å². The summed E-state index contributed by atoms with van der Waals surface area (Å²) < 4.78 is 0. The molecule has 1 aliphatic heterocycles. The van der Waals surface area contributed by atoms with Crippen molar-refractivity contribution in [2.24, 2.45) is 0 Å². The first-order valence-corrected chi connectivity index (χ1v) is 8.99. The van der Waals surface area contributed by atoms with Gasteiger partial charge in [-0.15, -0.1) is 0 Å². The molecule has 3 atom stereocenters. The lowest BCUT2D eigenvalue weighted by Crippen LogP contribution is -2.53. The second-order valence-corrected chi connectivity index (χ2v) is 7.16. The van der Waals surface area contributed by atoms with Gasteiger partial charge in [-0.1, -0.05) is 37.3 Å². The van der Waals surface area contributed by atoms with Gasteiger partial charge in [-0.05, 0) is 37.3 Å². The molecule has 1 aromatic rings. The van der Waals surface area contributed by atoms with Crippen LogP contribution in [0.3, 0.4) is 0 Å². The first-order valence-electron chi connectivity index (χ1n) is 7.84. The molecule has 3 heteroatoms. The topological polar surface area (TPSA) is 15.3 Å². The normalized spacial score (nSPS) is 25.6. The Labute approximate surface area is 128 Å². The van der Waals surface area contributed by atoms with Crippen LogP contribution in [0.25, 0.3) is 0 Å². The van der Waals surface area contributed by atoms with Gasteiger partial charge >= 0.3 is 0 Å². The summed E-state index contributed by atoms with van der Waals surface area (Å²) in [6.45, 7) is 9.15. The van der Waals surface area contributed by atoms with E-state index in [9.17, 15) is 0 Å². The third kappa shape index (κ3) is 4.24. The molecule has 1 aromatic carbocycles. The van der Waals surface area contributed by atoms with Crippen LogP contribution in [0.1, 0.15) is 38.8 Å². The number of piperazine rings is 1. The maximum absolute atomic E-state index is 3.64. The van der Waals surface area contributed by atoms with E-state index in [4.69, 9.17) is 0 Å². The summed E-state index contributed by atoms with van der Waals surface area (Å²) in [5.74, 6) is 2.50. The van der Waals surface area contributed by atoms with Crippen LogP contribution in [0.4, 0.5) is 0 Å². The number of hydrogen-bond acceptors (Lipinski definition) is 3. The minimum atomic E-state index is 0.522. The third-order valence-electron chi connectivity index (χ3n) is 4.18. The van der Waals surface area contributed by atoms with Crippen LogP contribution in [0.15, 0.2) is 30.3 Å². The van der Waals surface area contributed by atoms with Crippen molar-refractivity contribution in [2.75, 3.05) is 24.6 Å². The van der Waals surface area contributed by atoms with E-state index in [1.807, 2.05) is 0 Å². The molecule has 2 nitrogen and oxygen atoms in total. The highest BCUT2D eigenvalue weighted by Gasteiger charge is 2.29. The molecule has 2 rings (SSSR count). The molecule has 0 amide bonds. The minimum Gasteiger partial charge on any atom is -0.311 e. The largest absolute Gasteiger partial charge is 0.311 e. The summed E-state index contributed by atoms with van der Waals surface area (Å²) in [5.41, 5.74) is 1.45. The van der Waals surface area contributed by atoms with E-state index >= 15 is 0 Å². The quantitative estimate of drug-likeness (QED) is 0.807. The van der Waals surface area contributed by atoms with Crippen molar-refractivity contribution >= 4 is 11.8 Å². The highest BCUT2D eigenvalue weighted by molar-refractivity contribution is 7.99. The zero-order chi connectivity index (χ0) is 14.4. The fourth-order valence-electron chi connectivity index (χ4n) is 2.97. The van der Waals surface area contributed by atoms with Gasteiger partial charge in [0.2, 0.25) is 0 Å². The fourth-order valence-corrected chi connectivity index (χ4v) is 3.77. The molecule has 0 aromatic heterocycles. The van der Waals surface area contributed by atoms with Gasteiger partial charge < -0.3 is 5.32 Å². The summed E-state index contributed by atoms with van der Waals surface area (Å²) in [6.07, 6.45) is 1.29. The van der Waals surface area contributed by atoms with Crippen LogP contribution in [-0.2, 0) is 0 Å². The van der Waals surface area contributed by atoms with Crippen molar-refractivity contribution in [2.45, 2.75) is 45.3 Å². The van der Waals surface area contributed by atoms with Crippen molar-refractivity contribution in [1.29, 1.82) is 0 Å². The summed E-state index contributed by atoms with van der Waals surface area (Å²) in [4.78, 5) is 2.70. The Morgan fingerprint density at radius 2 is 2.10 bits per heavy atom. The van der Waals surface area contributed by atoms with E-state index in [2.05, 4.69) is 73.1 Å². The highest BCUT2D eigenvalue weighted by Crippen LogP contribution is 2.27. The first kappa shape index (κ1) is 15.9. The molecule has 1 N–H and O–H groups in total. The fraction of sp³-hybridized carbons (Fsp3) is 0.647. The zero-order valence-electron chi connectivity index (χ0n) is 13.0. The predicted octanol–water partition coefficient (Wildman–Crippen LogP) is 3.55. The minimum absolute atomic E-state index is 0.522. The van der Waals surface area contributed by atoms with Gasteiger partial charge in [0.1, 0.15) is 0 Å². The Morgan fingerprint density at radius 1 is 1.35 bits per heavy atom. The smallest absolute Gasteiger partial charge is 0.0476 e. The molecular weight excluding hydrogens is 264 g/mol. The molecule has 1 heterocycles. The van der Waals surface area contributed by atoms with E-state index in [0.717, 1.165) is 13.1 Å². The van der Waals surface area contributed by atoms with Gasteiger partial charge in [-0.2, -0.15) is 11.8 Å². The van der Waals surface area contributed by atoms with E-state index in [0.29, 0.717) is 18.1 Å². The van der Waals surface area contributed by atoms with Crippen LogP contribution < -0.4 is 5.32 Å². The van der Waals surface area contributed by atoms with Gasteiger partial charge in [0.05, 0.1) is 0 Å². The predicted molar refractivity (Wildman–Crippen MR) is 90.4 cm³/mol. The van der Waals surface area contributed by atoms with E-state index < -0.39 is 0 Å². The summed E-state index contributed by atoms with van der Waals surface area (Å²) in [5, 5.41) is 3.64. The lowest BCUT2D eigenvalue weighted by molar-refractivity contribution is 0.0915. The summed E-state index contributed by atoms with van der Waals surface area (Å²) in [6, 6.07) is 12.7. The third-order valence-corrected chi connectivity index (χ3v) is 5.11. The van der Waals surface area contributed by atoms with Crippen molar-refractivity contribution < 1.29 is 0 Å². The number of nitrogens with one attached hydrogen (secondary N) is 1. The Bertz CT molecular complexity index is 382. The van der Waals surface area contributed by atoms with Crippen molar-refractivity contribution in [3.63, 3.8) is 0 Å². The van der Waals surface area contributed by atoms with Crippen LogP contribution in [0.2, 0.25) is 0 Å². The van der Waals surface area contributed by atoms with Crippen LogP contribution >= 0.6 is 11.8 Å². The Hall–Kier alpha value is -0.510. The van der Waals surface area contributed by atoms with Crippen molar-refractivity contribution in [3.8, 4) is 0 Å². The molecule has 20 heavy (non-hydrogen) atoms. The molecule has 0 aliphatic carbocycles. The molecule has 1 saturated heterocycles. The molecule has 112 valence electrons. The maximum atomic E-state index is 3.64. The second-order valence-electron chi connectivity index (χ2n) is 5.77. The highest BCUT2D eigenvalue weighted by atomic mass is 32.2. The number of rotatable bonds is 6. The zero-order valence-corrected chi connectivity index (χ0v) is 13.8. The number of benzene rings is 1. The van der Waals surface area contributed by atoms with Gasteiger partial charge in [-0.25, -0.2) is 0 Å². The Balaban J connectivity index is 2.04. The molecule has 0 radical (unpaired) electrons. The van der Waals surface area contributed by atoms with Gasteiger partial charge in [0, 0.05) is 31.2 Å². The van der Waals surface area contributed by atoms with Gasteiger partial charge in [-0.3, -0.25) is 4.90 Å². The van der Waals surface area contributed by atoms with Gasteiger partial charge in [0.15, 0.2) is 0 Å². The van der Waals surface area contributed by atoms with E-state index in [-0.39, 0.29) is 0 Å². The van der Waals surface area contributed by atoms with E-state index in [1.165, 1.54) is 23.5 Å². The number of nitrogens with zero attached hydrogens (tertiary/aromatic N) is 1. The molecule has 1 aliphatic rings. The van der Waals surface area contributed by atoms with Crippen molar-refractivity contribution in [3.05, 3.63) is 35.9 Å². The lowest BCUT2D eigenvalue weighted by atomic mass is 9.99. The summed E-state index contributed by atoms with van der Waals surface area (Å²) in [7, 11) is 0. The Morgan fingerprint density at radius 3 is 2.80 bits per heavy atom. The van der Waals surface area contributed by atoms with Crippen LogP contribution in [-0.4, -0.2) is 41.6 Å². The van der Waals surface area contributed by atoms with Gasteiger partial charge in [0.25, 0.3) is 0 Å². The first-order chi connectivity index (χ1) is 9.72. The van der Waals surface area contributed by atoms with Crippen molar-refractivity contribution in [1.82, 2.24) is 10.2 Å². The lowest BCUT2D eigenvalue weighted by Gasteiger charge is -2.43. The average molecular weight is 292 g/mol. The molecule has 0 bridgehead atoms. The SMILES string of the molecule is CCSCCC(C)N1CC(C)NCC1c1ccccc1. The molecule has 3 unspecified atom stereocenters. The summed E-state index contributed by atoms with van der Waals surface area (Å²) >= 11 is 2.06. The molecule has 0 spiro atoms.